The SMILES string of the molecule is Cn1cc(CNC[C@H]2Cn3c(-c4ccc(F)cc4)cnc3CO2)c2ccccc21. The van der Waals surface area contributed by atoms with Gasteiger partial charge in [0.25, 0.3) is 0 Å². The lowest BCUT2D eigenvalue weighted by Gasteiger charge is -2.26. The summed E-state index contributed by atoms with van der Waals surface area (Å²) in [5.74, 6) is 0.681. The molecule has 29 heavy (non-hydrogen) atoms. The Bertz CT molecular complexity index is 1150. The van der Waals surface area contributed by atoms with E-state index in [1.54, 1.807) is 12.1 Å². The van der Waals surface area contributed by atoms with Crippen LogP contribution in [-0.2, 0) is 31.5 Å². The molecule has 1 aliphatic rings. The molecule has 2 aromatic heterocycles. The van der Waals surface area contributed by atoms with Crippen LogP contribution < -0.4 is 5.32 Å². The van der Waals surface area contributed by atoms with Crippen LogP contribution in [0.3, 0.4) is 0 Å². The van der Waals surface area contributed by atoms with Crippen molar-refractivity contribution in [1.82, 2.24) is 19.4 Å². The van der Waals surface area contributed by atoms with Crippen molar-refractivity contribution in [2.24, 2.45) is 7.05 Å². The number of aromatic nitrogens is 3. The number of hydrogen-bond acceptors (Lipinski definition) is 3. The maximum absolute atomic E-state index is 13.3. The summed E-state index contributed by atoms with van der Waals surface area (Å²) >= 11 is 0. The summed E-state index contributed by atoms with van der Waals surface area (Å²) in [6.45, 7) is 2.76. The summed E-state index contributed by atoms with van der Waals surface area (Å²) in [6, 6.07) is 15.0. The van der Waals surface area contributed by atoms with E-state index < -0.39 is 0 Å². The Kier molecular flexibility index (Phi) is 4.66. The van der Waals surface area contributed by atoms with Crippen molar-refractivity contribution in [1.29, 1.82) is 0 Å². The van der Waals surface area contributed by atoms with Gasteiger partial charge in [-0.05, 0) is 41.5 Å². The van der Waals surface area contributed by atoms with Crippen molar-refractivity contribution in [2.75, 3.05) is 6.54 Å². The standard InChI is InChI=1S/C23H23FN4O/c1-27-13-17(20-4-2-3-5-21(20)27)10-25-11-19-14-28-22(12-26-23(28)15-29-19)16-6-8-18(24)9-7-16/h2-9,12-13,19,25H,10-11,14-15H2,1H3/t19-/m0/s1. The number of rotatable bonds is 5. The summed E-state index contributed by atoms with van der Waals surface area (Å²) in [6.07, 6.45) is 4.09. The predicted octanol–water partition coefficient (Wildman–Crippen LogP) is 3.87. The minimum absolute atomic E-state index is 0.0610. The Labute approximate surface area is 168 Å². The van der Waals surface area contributed by atoms with Crippen LogP contribution in [0.2, 0.25) is 0 Å². The van der Waals surface area contributed by atoms with Crippen LogP contribution in [0, 0.1) is 5.82 Å². The number of nitrogens with one attached hydrogen (secondary N) is 1. The summed E-state index contributed by atoms with van der Waals surface area (Å²) in [4.78, 5) is 4.48. The molecule has 1 atom stereocenters. The van der Waals surface area contributed by atoms with Gasteiger partial charge in [0.15, 0.2) is 0 Å². The number of fused-ring (bicyclic) bond motifs is 2. The van der Waals surface area contributed by atoms with Crippen LogP contribution in [0.1, 0.15) is 11.4 Å². The van der Waals surface area contributed by atoms with E-state index in [0.717, 1.165) is 36.7 Å². The first kappa shape index (κ1) is 18.1. The van der Waals surface area contributed by atoms with Gasteiger partial charge in [0.2, 0.25) is 0 Å². The van der Waals surface area contributed by atoms with E-state index >= 15 is 0 Å². The largest absolute Gasteiger partial charge is 0.367 e. The second-order valence-corrected chi connectivity index (χ2v) is 7.52. The Morgan fingerprint density at radius 2 is 2.00 bits per heavy atom. The highest BCUT2D eigenvalue weighted by atomic mass is 19.1. The molecule has 0 radical (unpaired) electrons. The Hall–Kier alpha value is -2.96. The summed E-state index contributed by atoms with van der Waals surface area (Å²) in [5.41, 5.74) is 4.50. The molecule has 0 amide bonds. The van der Waals surface area contributed by atoms with Gasteiger partial charge >= 0.3 is 0 Å². The third kappa shape index (κ3) is 3.45. The van der Waals surface area contributed by atoms with Crippen molar-refractivity contribution < 1.29 is 9.13 Å². The lowest BCUT2D eigenvalue weighted by molar-refractivity contribution is 0.00327. The molecule has 5 nitrogen and oxygen atoms in total. The molecular formula is C23H23FN4O. The van der Waals surface area contributed by atoms with Crippen molar-refractivity contribution in [2.45, 2.75) is 25.8 Å². The van der Waals surface area contributed by atoms with Gasteiger partial charge in [-0.25, -0.2) is 9.37 Å². The molecule has 1 aliphatic heterocycles. The molecule has 0 fully saturated rings. The van der Waals surface area contributed by atoms with Gasteiger partial charge < -0.3 is 19.2 Å². The normalized spacial score (nSPS) is 16.3. The first-order valence-electron chi connectivity index (χ1n) is 9.84. The smallest absolute Gasteiger partial charge is 0.135 e. The van der Waals surface area contributed by atoms with Gasteiger partial charge in [-0.2, -0.15) is 0 Å². The summed E-state index contributed by atoms with van der Waals surface area (Å²) < 4.78 is 23.6. The van der Waals surface area contributed by atoms with Gasteiger partial charge in [-0.1, -0.05) is 18.2 Å². The van der Waals surface area contributed by atoms with E-state index in [-0.39, 0.29) is 11.9 Å². The van der Waals surface area contributed by atoms with Crippen molar-refractivity contribution in [3.8, 4) is 11.3 Å². The Morgan fingerprint density at radius 3 is 2.86 bits per heavy atom. The van der Waals surface area contributed by atoms with Crippen LogP contribution in [0.4, 0.5) is 4.39 Å². The Morgan fingerprint density at radius 1 is 1.17 bits per heavy atom. The van der Waals surface area contributed by atoms with E-state index in [0.29, 0.717) is 6.61 Å². The third-order valence-corrected chi connectivity index (χ3v) is 5.58. The number of hydrogen-bond donors (Lipinski definition) is 1. The van der Waals surface area contributed by atoms with Crippen molar-refractivity contribution in [3.05, 3.63) is 78.1 Å². The lowest BCUT2D eigenvalue weighted by atomic mass is 10.1. The first-order valence-corrected chi connectivity index (χ1v) is 9.84. The highest BCUT2D eigenvalue weighted by molar-refractivity contribution is 5.83. The maximum Gasteiger partial charge on any atom is 0.135 e. The number of halogens is 1. The predicted molar refractivity (Wildman–Crippen MR) is 111 cm³/mol. The van der Waals surface area contributed by atoms with E-state index in [1.807, 2.05) is 6.20 Å². The second-order valence-electron chi connectivity index (χ2n) is 7.52. The van der Waals surface area contributed by atoms with Gasteiger partial charge in [0.05, 0.1) is 24.5 Å². The molecule has 0 aliphatic carbocycles. The number of imidazole rings is 1. The van der Waals surface area contributed by atoms with Crippen molar-refractivity contribution >= 4 is 10.9 Å². The topological polar surface area (TPSA) is 44.0 Å². The summed E-state index contributed by atoms with van der Waals surface area (Å²) in [5, 5.41) is 4.83. The molecule has 6 heteroatoms. The van der Waals surface area contributed by atoms with E-state index in [1.165, 1.54) is 28.6 Å². The zero-order valence-electron chi connectivity index (χ0n) is 16.3. The van der Waals surface area contributed by atoms with Gasteiger partial charge in [0.1, 0.15) is 18.2 Å². The fraction of sp³-hybridized carbons (Fsp3) is 0.261. The van der Waals surface area contributed by atoms with Crippen LogP contribution in [0.15, 0.2) is 60.9 Å². The molecule has 0 saturated carbocycles. The minimum atomic E-state index is -0.231. The fourth-order valence-corrected chi connectivity index (χ4v) is 4.09. The van der Waals surface area contributed by atoms with E-state index in [9.17, 15) is 4.39 Å². The number of ether oxygens (including phenoxy) is 1. The van der Waals surface area contributed by atoms with Crippen LogP contribution >= 0.6 is 0 Å². The molecule has 2 aromatic carbocycles. The van der Waals surface area contributed by atoms with Gasteiger partial charge in [0, 0.05) is 37.2 Å². The highest BCUT2D eigenvalue weighted by Crippen LogP contribution is 2.25. The molecule has 3 heterocycles. The molecular weight excluding hydrogens is 367 g/mol. The molecule has 0 unspecified atom stereocenters. The van der Waals surface area contributed by atoms with Crippen LogP contribution in [0.25, 0.3) is 22.2 Å². The quantitative estimate of drug-likeness (QED) is 0.563. The third-order valence-electron chi connectivity index (χ3n) is 5.58. The van der Waals surface area contributed by atoms with Crippen LogP contribution in [0.5, 0.6) is 0 Å². The van der Waals surface area contributed by atoms with Gasteiger partial charge in [-0.15, -0.1) is 0 Å². The van der Waals surface area contributed by atoms with E-state index in [2.05, 4.69) is 56.9 Å². The Balaban J connectivity index is 1.27. The van der Waals surface area contributed by atoms with Crippen LogP contribution in [-0.4, -0.2) is 26.8 Å². The average molecular weight is 390 g/mol. The number of benzene rings is 2. The summed E-state index contributed by atoms with van der Waals surface area (Å²) in [7, 11) is 2.08. The number of aryl methyl sites for hydroxylation is 1. The highest BCUT2D eigenvalue weighted by Gasteiger charge is 2.22. The molecule has 0 bridgehead atoms. The zero-order valence-corrected chi connectivity index (χ0v) is 16.3. The molecule has 0 spiro atoms. The van der Waals surface area contributed by atoms with Gasteiger partial charge in [-0.3, -0.25) is 0 Å². The zero-order chi connectivity index (χ0) is 19.8. The molecule has 148 valence electrons. The molecule has 0 saturated heterocycles. The monoisotopic (exact) mass is 390 g/mol. The van der Waals surface area contributed by atoms with Crippen molar-refractivity contribution in [3.63, 3.8) is 0 Å². The van der Waals surface area contributed by atoms with E-state index in [4.69, 9.17) is 4.74 Å². The lowest BCUT2D eigenvalue weighted by Crippen LogP contribution is -2.36. The average Bonchev–Trinajstić information content (AvgIpc) is 3.30. The second kappa shape index (κ2) is 7.46. The first-order chi connectivity index (χ1) is 14.2. The number of para-hydroxylation sites is 1. The minimum Gasteiger partial charge on any atom is -0.367 e. The fourth-order valence-electron chi connectivity index (χ4n) is 4.09. The molecule has 5 rings (SSSR count). The maximum atomic E-state index is 13.3. The molecule has 4 aromatic rings. The molecule has 1 N–H and O–H groups in total. The number of nitrogens with zero attached hydrogens (tertiary/aromatic N) is 3.